The standard InChI is InChI=1S/C8H8N2O4/c9-8(11)14-7-3-1-2-6(4-7)5-10(12)13/h1-4H,5H2,(H2,9,11). The minimum Gasteiger partial charge on any atom is -0.410 e. The SMILES string of the molecule is NC(=O)Oc1cccc(C[N+](=O)[O-])c1. The fourth-order valence-corrected chi connectivity index (χ4v) is 0.973. The molecule has 74 valence electrons. The normalized spacial score (nSPS) is 9.43. The maximum absolute atomic E-state index is 10.4. The minimum absolute atomic E-state index is 0.205. The van der Waals surface area contributed by atoms with Crippen molar-refractivity contribution in [2.75, 3.05) is 0 Å². The molecule has 0 spiro atoms. The fraction of sp³-hybridized carbons (Fsp3) is 0.125. The molecule has 0 bridgehead atoms. The van der Waals surface area contributed by atoms with E-state index in [0.717, 1.165) is 0 Å². The molecule has 2 N–H and O–H groups in total. The van der Waals surface area contributed by atoms with Crippen LogP contribution in [-0.4, -0.2) is 11.0 Å². The van der Waals surface area contributed by atoms with Crippen LogP contribution in [0.1, 0.15) is 5.56 Å². The Kier molecular flexibility index (Phi) is 3.01. The highest BCUT2D eigenvalue weighted by atomic mass is 16.6. The Labute approximate surface area is 79.4 Å². The molecule has 1 aromatic rings. The Bertz CT molecular complexity index is 333. The average Bonchev–Trinajstić information content (AvgIpc) is 2.01. The lowest BCUT2D eigenvalue weighted by Crippen LogP contribution is -2.16. The Morgan fingerprint density at radius 2 is 2.29 bits per heavy atom. The van der Waals surface area contributed by atoms with Gasteiger partial charge in [0.25, 0.3) is 0 Å². The van der Waals surface area contributed by atoms with Gasteiger partial charge in [0.1, 0.15) is 5.75 Å². The first-order chi connectivity index (χ1) is 6.58. The first-order valence-electron chi connectivity index (χ1n) is 3.76. The van der Waals surface area contributed by atoms with Crippen LogP contribution in [0.15, 0.2) is 24.3 Å². The van der Waals surface area contributed by atoms with Crippen molar-refractivity contribution in [2.45, 2.75) is 6.54 Å². The molecule has 0 aromatic heterocycles. The number of nitrogens with zero attached hydrogens (tertiary/aromatic N) is 1. The number of nitrogens with two attached hydrogens (primary N) is 1. The van der Waals surface area contributed by atoms with E-state index in [1.54, 1.807) is 12.1 Å². The molecule has 1 amide bonds. The van der Waals surface area contributed by atoms with Crippen LogP contribution in [0.5, 0.6) is 5.75 Å². The monoisotopic (exact) mass is 196 g/mol. The van der Waals surface area contributed by atoms with E-state index in [2.05, 4.69) is 4.74 Å². The quantitative estimate of drug-likeness (QED) is 0.574. The van der Waals surface area contributed by atoms with Crippen molar-refractivity contribution < 1.29 is 14.5 Å². The predicted molar refractivity (Wildman–Crippen MR) is 47.4 cm³/mol. The first-order valence-corrected chi connectivity index (χ1v) is 3.76. The van der Waals surface area contributed by atoms with Gasteiger partial charge in [0, 0.05) is 10.5 Å². The lowest BCUT2D eigenvalue weighted by Gasteiger charge is -2.01. The fourth-order valence-electron chi connectivity index (χ4n) is 0.973. The molecule has 0 atom stereocenters. The van der Waals surface area contributed by atoms with Crippen LogP contribution in [0.4, 0.5) is 4.79 Å². The summed E-state index contributed by atoms with van der Waals surface area (Å²) in [5.74, 6) is 0.205. The third-order valence-electron chi connectivity index (χ3n) is 1.43. The van der Waals surface area contributed by atoms with Crippen LogP contribution < -0.4 is 10.5 Å². The number of hydrogen-bond donors (Lipinski definition) is 1. The highest BCUT2D eigenvalue weighted by Gasteiger charge is 2.04. The smallest absolute Gasteiger partial charge is 0.409 e. The van der Waals surface area contributed by atoms with Gasteiger partial charge >= 0.3 is 6.09 Å². The lowest BCUT2D eigenvalue weighted by molar-refractivity contribution is -0.496. The first kappa shape index (κ1) is 9.97. The Hall–Kier alpha value is -2.11. The van der Waals surface area contributed by atoms with Crippen molar-refractivity contribution in [2.24, 2.45) is 5.73 Å². The highest BCUT2D eigenvalue weighted by molar-refractivity contribution is 5.68. The van der Waals surface area contributed by atoms with Gasteiger partial charge in [-0.15, -0.1) is 0 Å². The number of nitro groups is 1. The molecule has 0 fully saturated rings. The van der Waals surface area contributed by atoms with Gasteiger partial charge in [0.2, 0.25) is 6.54 Å². The maximum atomic E-state index is 10.4. The summed E-state index contributed by atoms with van der Waals surface area (Å²) in [5.41, 5.74) is 5.23. The zero-order valence-electron chi connectivity index (χ0n) is 7.17. The van der Waals surface area contributed by atoms with Crippen LogP contribution in [0.2, 0.25) is 0 Å². The molecule has 1 aromatic carbocycles. The van der Waals surface area contributed by atoms with Crippen molar-refractivity contribution in [3.63, 3.8) is 0 Å². The van der Waals surface area contributed by atoms with Gasteiger partial charge in [-0.05, 0) is 12.1 Å². The van der Waals surface area contributed by atoms with E-state index in [1.165, 1.54) is 12.1 Å². The predicted octanol–water partition coefficient (Wildman–Crippen LogP) is 0.921. The van der Waals surface area contributed by atoms with Crippen LogP contribution >= 0.6 is 0 Å². The summed E-state index contributed by atoms with van der Waals surface area (Å²) in [5, 5.41) is 10.2. The average molecular weight is 196 g/mol. The third-order valence-corrected chi connectivity index (χ3v) is 1.43. The molecule has 0 heterocycles. The molecule has 0 aliphatic rings. The van der Waals surface area contributed by atoms with Gasteiger partial charge in [0.15, 0.2) is 0 Å². The number of ether oxygens (including phenoxy) is 1. The van der Waals surface area contributed by atoms with Crippen LogP contribution in [-0.2, 0) is 6.54 Å². The van der Waals surface area contributed by atoms with Gasteiger partial charge in [-0.3, -0.25) is 10.1 Å². The largest absolute Gasteiger partial charge is 0.410 e. The van der Waals surface area contributed by atoms with Crippen molar-refractivity contribution in [3.8, 4) is 5.75 Å². The summed E-state index contributed by atoms with van der Waals surface area (Å²) in [4.78, 5) is 20.1. The van der Waals surface area contributed by atoms with Gasteiger partial charge < -0.3 is 10.5 Å². The second-order valence-corrected chi connectivity index (χ2v) is 2.56. The van der Waals surface area contributed by atoms with E-state index in [1.807, 2.05) is 0 Å². The summed E-state index contributed by atoms with van der Waals surface area (Å²) < 4.78 is 4.55. The zero-order chi connectivity index (χ0) is 10.6. The molecule has 0 radical (unpaired) electrons. The number of benzene rings is 1. The van der Waals surface area contributed by atoms with Crippen LogP contribution in [0.25, 0.3) is 0 Å². The van der Waals surface area contributed by atoms with E-state index in [0.29, 0.717) is 5.56 Å². The number of amides is 1. The molecular weight excluding hydrogens is 188 g/mol. The van der Waals surface area contributed by atoms with Crippen molar-refractivity contribution in [1.29, 1.82) is 0 Å². The Morgan fingerprint density at radius 3 is 2.86 bits per heavy atom. The molecule has 14 heavy (non-hydrogen) atoms. The number of hydrogen-bond acceptors (Lipinski definition) is 4. The molecule has 0 aliphatic carbocycles. The van der Waals surface area contributed by atoms with E-state index in [4.69, 9.17) is 5.73 Å². The van der Waals surface area contributed by atoms with Crippen molar-refractivity contribution in [1.82, 2.24) is 0 Å². The third kappa shape index (κ3) is 3.10. The number of carbonyl (C=O) groups is 1. The molecular formula is C8H8N2O4. The maximum Gasteiger partial charge on any atom is 0.409 e. The van der Waals surface area contributed by atoms with Gasteiger partial charge in [0.05, 0.1) is 0 Å². The van der Waals surface area contributed by atoms with E-state index < -0.39 is 11.0 Å². The molecule has 1 rings (SSSR count). The second kappa shape index (κ2) is 4.22. The zero-order valence-corrected chi connectivity index (χ0v) is 7.17. The van der Waals surface area contributed by atoms with Crippen LogP contribution in [0, 0.1) is 10.1 Å². The Morgan fingerprint density at radius 1 is 1.57 bits per heavy atom. The van der Waals surface area contributed by atoms with E-state index in [9.17, 15) is 14.9 Å². The number of rotatable bonds is 3. The molecule has 0 aliphatic heterocycles. The molecule has 6 heteroatoms. The summed E-state index contributed by atoms with van der Waals surface area (Å²) in [6.07, 6.45) is -0.941. The van der Waals surface area contributed by atoms with Crippen molar-refractivity contribution in [3.05, 3.63) is 39.9 Å². The Balaban J connectivity index is 2.78. The molecule has 6 nitrogen and oxygen atoms in total. The molecule has 0 saturated carbocycles. The second-order valence-electron chi connectivity index (χ2n) is 2.56. The lowest BCUT2D eigenvalue weighted by atomic mass is 10.2. The van der Waals surface area contributed by atoms with E-state index >= 15 is 0 Å². The van der Waals surface area contributed by atoms with Gasteiger partial charge in [-0.2, -0.15) is 0 Å². The number of primary amides is 1. The molecule has 0 unspecified atom stereocenters. The molecule has 0 saturated heterocycles. The van der Waals surface area contributed by atoms with Crippen LogP contribution in [0.3, 0.4) is 0 Å². The summed E-state index contributed by atoms with van der Waals surface area (Å²) in [6, 6.07) is 6.01. The topological polar surface area (TPSA) is 95.5 Å². The summed E-state index contributed by atoms with van der Waals surface area (Å²) in [6.45, 7) is -0.310. The number of carbonyl (C=O) groups excluding carboxylic acids is 1. The minimum atomic E-state index is -0.941. The van der Waals surface area contributed by atoms with E-state index in [-0.39, 0.29) is 12.3 Å². The van der Waals surface area contributed by atoms with Gasteiger partial charge in [-0.1, -0.05) is 12.1 Å². The summed E-state index contributed by atoms with van der Waals surface area (Å²) in [7, 11) is 0. The van der Waals surface area contributed by atoms with Crippen molar-refractivity contribution >= 4 is 6.09 Å². The summed E-state index contributed by atoms with van der Waals surface area (Å²) >= 11 is 0. The van der Waals surface area contributed by atoms with Gasteiger partial charge in [-0.25, -0.2) is 4.79 Å². The highest BCUT2D eigenvalue weighted by Crippen LogP contribution is 2.13.